The molecule has 93 heavy (non-hydrogen) atoms. The fourth-order valence-corrected chi connectivity index (χ4v) is 10.4. The first-order chi connectivity index (χ1) is 44.5. The number of amides is 7. The smallest absolute Gasteiger partial charge is 0.317 e. The standard InChI is InChI=1S/C62H120N16O15/c63-25-13-1-7-19-31-73(41-52(69)79)54(81)43-75(33-21-9-3-15-27-65)56(83)45-77(35-23-11-5-17-29-67)58(85)47-78(36-24-12-6-18-30-68)57(84)46-76(34-22-10-4-16-28-66)55(82)44-74(32-20-8-2-14-26-64)53(80)42-71(49-60(88)89)39-37-70(48-59(86)87)38-40-72(50-61(90)91)51-62(92)93/h1-51,63-68H2,(H2,69,79)(H,86,87)(H,88,89)(H,90,91)(H,92,93). The Balaban J connectivity index is 7.35. The SMILES string of the molecule is NCCCCCCN(CC(N)=O)C(=O)CN(CCCCCCN)C(=O)CN(CCCCCCN)C(=O)CN(CCCCCCN)C(=O)CN(CCCCCCN)C(=O)CN(CCCCCCN)C(=O)CN(CCN(CCN(CC(=O)O)CC(=O)O)CC(=O)O)CC(=O)O. The third kappa shape index (κ3) is 46.5. The topological polar surface area (TPSA) is 480 Å². The van der Waals surface area contributed by atoms with Crippen molar-refractivity contribution in [2.24, 2.45) is 40.1 Å². The summed E-state index contributed by atoms with van der Waals surface area (Å²) < 4.78 is 0. The van der Waals surface area contributed by atoms with Gasteiger partial charge in [0.15, 0.2) is 0 Å². The van der Waals surface area contributed by atoms with Gasteiger partial charge in [0, 0.05) is 65.4 Å². The van der Waals surface area contributed by atoms with Crippen LogP contribution in [0, 0.1) is 0 Å². The molecule has 31 nitrogen and oxygen atoms in total. The average molecular weight is 1330 g/mol. The first kappa shape index (κ1) is 86.8. The number of aliphatic carboxylic acids is 4. The van der Waals surface area contributed by atoms with Gasteiger partial charge >= 0.3 is 23.9 Å². The van der Waals surface area contributed by atoms with Crippen molar-refractivity contribution in [3.8, 4) is 0 Å². The lowest BCUT2D eigenvalue weighted by atomic mass is 10.1. The molecule has 0 rings (SSSR count). The molecule has 31 heteroatoms. The number of rotatable bonds is 64. The highest BCUT2D eigenvalue weighted by Gasteiger charge is 2.31. The molecule has 0 spiro atoms. The summed E-state index contributed by atoms with van der Waals surface area (Å²) in [5, 5.41) is 38.3. The van der Waals surface area contributed by atoms with Gasteiger partial charge in [0.1, 0.15) is 0 Å². The van der Waals surface area contributed by atoms with E-state index in [-0.39, 0.29) is 78.5 Å². The molecule has 0 unspecified atom stereocenters. The van der Waals surface area contributed by atoms with E-state index >= 15 is 0 Å². The summed E-state index contributed by atoms with van der Waals surface area (Å²) in [5.74, 6) is -9.20. The molecule has 0 atom stereocenters. The van der Waals surface area contributed by atoms with E-state index in [1.807, 2.05) is 0 Å². The number of nitrogens with zero attached hydrogens (tertiary/aromatic N) is 9. The van der Waals surface area contributed by atoms with Crippen molar-refractivity contribution >= 4 is 65.2 Å². The summed E-state index contributed by atoms with van der Waals surface area (Å²) in [5.41, 5.74) is 40.2. The van der Waals surface area contributed by atoms with Gasteiger partial charge in [-0.1, -0.05) is 77.0 Å². The molecule has 0 aliphatic carbocycles. The van der Waals surface area contributed by atoms with Crippen LogP contribution in [-0.2, 0) is 52.7 Å². The number of primary amides is 1. The van der Waals surface area contributed by atoms with Crippen molar-refractivity contribution in [3.63, 3.8) is 0 Å². The molecule has 0 saturated carbocycles. The van der Waals surface area contributed by atoms with Crippen LogP contribution >= 0.6 is 0 Å². The first-order valence-electron chi connectivity index (χ1n) is 33.7. The maximum absolute atomic E-state index is 14.9. The van der Waals surface area contributed by atoms with Gasteiger partial charge < -0.3 is 90.0 Å². The van der Waals surface area contributed by atoms with E-state index in [1.165, 1.54) is 39.2 Å². The van der Waals surface area contributed by atoms with Gasteiger partial charge in [-0.05, 0) is 116 Å². The third-order valence-electron chi connectivity index (χ3n) is 15.6. The molecule has 0 aromatic carbocycles. The maximum atomic E-state index is 14.9. The van der Waals surface area contributed by atoms with Crippen LogP contribution in [0.1, 0.15) is 154 Å². The summed E-state index contributed by atoms with van der Waals surface area (Å²) >= 11 is 0. The summed E-state index contributed by atoms with van der Waals surface area (Å²) in [6, 6.07) is 0. The van der Waals surface area contributed by atoms with Gasteiger partial charge in [-0.25, -0.2) is 0 Å². The highest BCUT2D eigenvalue weighted by Crippen LogP contribution is 2.13. The van der Waals surface area contributed by atoms with Crippen molar-refractivity contribution in [1.82, 2.24) is 44.1 Å². The minimum absolute atomic E-state index is 0.0633. The molecule has 0 aliphatic rings. The van der Waals surface area contributed by atoms with Crippen molar-refractivity contribution in [1.29, 1.82) is 0 Å². The Hall–Kier alpha value is -6.19. The van der Waals surface area contributed by atoms with E-state index in [4.69, 9.17) is 40.1 Å². The Bertz CT molecular complexity index is 2120. The molecule has 0 fully saturated rings. The third-order valence-corrected chi connectivity index (χ3v) is 15.6. The van der Waals surface area contributed by atoms with E-state index in [0.717, 1.165) is 75.5 Å². The number of carbonyl (C=O) groups excluding carboxylic acids is 7. The molecule has 7 amide bonds. The van der Waals surface area contributed by atoms with Crippen LogP contribution < -0.4 is 40.1 Å². The fraction of sp³-hybridized carbons (Fsp3) is 0.823. The Kier molecular flexibility index (Phi) is 52.4. The monoisotopic (exact) mass is 1330 g/mol. The second-order valence-corrected chi connectivity index (χ2v) is 23.8. The van der Waals surface area contributed by atoms with Gasteiger partial charge in [-0.15, -0.1) is 0 Å². The Morgan fingerprint density at radius 1 is 0.204 bits per heavy atom. The normalized spacial score (nSPS) is 11.3. The number of nitrogens with two attached hydrogens (primary N) is 7. The van der Waals surface area contributed by atoms with Gasteiger partial charge in [-0.3, -0.25) is 67.4 Å². The molecule has 0 radical (unpaired) electrons. The van der Waals surface area contributed by atoms with E-state index in [1.54, 1.807) is 0 Å². The highest BCUT2D eigenvalue weighted by molar-refractivity contribution is 5.93. The molecular formula is C62H120N16O15. The Morgan fingerprint density at radius 2 is 0.376 bits per heavy atom. The van der Waals surface area contributed by atoms with Crippen molar-refractivity contribution in [2.45, 2.75) is 154 Å². The van der Waals surface area contributed by atoms with Crippen LogP contribution in [0.2, 0.25) is 0 Å². The molecule has 0 bridgehead atoms. The molecular weight excluding hydrogens is 1210 g/mol. The van der Waals surface area contributed by atoms with Gasteiger partial charge in [0.2, 0.25) is 41.4 Å². The minimum atomic E-state index is -1.31. The van der Waals surface area contributed by atoms with E-state index in [9.17, 15) is 73.2 Å². The highest BCUT2D eigenvalue weighted by atomic mass is 16.4. The molecule has 0 aromatic rings. The second kappa shape index (κ2) is 56.2. The van der Waals surface area contributed by atoms with Crippen molar-refractivity contribution in [2.75, 3.05) is 177 Å². The number of carbonyl (C=O) groups is 11. The summed E-state index contributed by atoms with van der Waals surface area (Å²) in [4.78, 5) is 159. The fourth-order valence-electron chi connectivity index (χ4n) is 10.4. The van der Waals surface area contributed by atoms with Gasteiger partial charge in [0.25, 0.3) is 0 Å². The van der Waals surface area contributed by atoms with Crippen LogP contribution in [0.3, 0.4) is 0 Å². The van der Waals surface area contributed by atoms with Crippen LogP contribution in [0.5, 0.6) is 0 Å². The first-order valence-corrected chi connectivity index (χ1v) is 33.7. The second-order valence-electron chi connectivity index (χ2n) is 23.8. The lowest BCUT2D eigenvalue weighted by Gasteiger charge is -2.33. The zero-order chi connectivity index (χ0) is 69.6. The number of carboxylic acids is 4. The van der Waals surface area contributed by atoms with E-state index in [2.05, 4.69) is 0 Å². The summed E-state index contributed by atoms with van der Waals surface area (Å²) in [6.45, 7) is -2.56. The zero-order valence-electron chi connectivity index (χ0n) is 55.9. The lowest BCUT2D eigenvalue weighted by molar-refractivity contribution is -0.148. The van der Waals surface area contributed by atoms with Crippen LogP contribution in [0.15, 0.2) is 0 Å². The van der Waals surface area contributed by atoms with Crippen molar-refractivity contribution in [3.05, 3.63) is 0 Å². The van der Waals surface area contributed by atoms with Crippen LogP contribution in [-0.4, -0.2) is 306 Å². The number of unbranched alkanes of at least 4 members (excludes halogenated alkanes) is 18. The zero-order valence-corrected chi connectivity index (χ0v) is 55.9. The molecule has 0 heterocycles. The Labute approximate surface area is 551 Å². The van der Waals surface area contributed by atoms with E-state index in [0.29, 0.717) is 123 Å². The molecule has 0 saturated heterocycles. The molecule has 538 valence electrons. The summed E-state index contributed by atoms with van der Waals surface area (Å²) in [6.07, 6.45) is 16.2. The molecule has 0 aliphatic heterocycles. The Morgan fingerprint density at radius 3 is 0.581 bits per heavy atom. The summed E-state index contributed by atoms with van der Waals surface area (Å²) in [7, 11) is 0. The van der Waals surface area contributed by atoms with Gasteiger partial charge in [0.05, 0.1) is 72.0 Å². The average Bonchev–Trinajstić information content (AvgIpc) is 1.55. The number of hydrogen-bond acceptors (Lipinski definition) is 20. The predicted molar refractivity (Wildman–Crippen MR) is 354 cm³/mol. The quantitative estimate of drug-likeness (QED) is 0.0319. The molecule has 18 N–H and O–H groups in total. The largest absolute Gasteiger partial charge is 0.480 e. The minimum Gasteiger partial charge on any atom is -0.480 e. The van der Waals surface area contributed by atoms with Crippen LogP contribution in [0.25, 0.3) is 0 Å². The maximum Gasteiger partial charge on any atom is 0.317 e. The molecule has 0 aromatic heterocycles. The van der Waals surface area contributed by atoms with Crippen LogP contribution in [0.4, 0.5) is 0 Å². The number of carboxylic acid groups (broad SMARTS) is 4. The van der Waals surface area contributed by atoms with E-state index < -0.39 is 124 Å². The lowest BCUT2D eigenvalue weighted by Crippen LogP contribution is -2.52. The predicted octanol–water partition coefficient (Wildman–Crippen LogP) is -1.20. The number of hydrogen-bond donors (Lipinski definition) is 11. The van der Waals surface area contributed by atoms with Gasteiger partial charge in [-0.2, -0.15) is 0 Å². The van der Waals surface area contributed by atoms with Crippen molar-refractivity contribution < 1.29 is 73.2 Å².